The Labute approximate surface area is 305 Å². The molecule has 2 aromatic rings. The molecular formula is C40H60CoN2O6. The summed E-state index contributed by atoms with van der Waals surface area (Å²) in [6.07, 6.45) is 9.67. The quantitative estimate of drug-likeness (QED) is 0.300. The van der Waals surface area contributed by atoms with Crippen molar-refractivity contribution in [3.8, 4) is 11.5 Å². The van der Waals surface area contributed by atoms with Crippen LogP contribution in [0.15, 0.2) is 34.3 Å². The van der Waals surface area contributed by atoms with Crippen LogP contribution in [0.4, 0.5) is 0 Å². The largest absolute Gasteiger partial charge is 2.00 e. The van der Waals surface area contributed by atoms with Crippen LogP contribution in [0.25, 0.3) is 0 Å². The van der Waals surface area contributed by atoms with Crippen molar-refractivity contribution in [3.63, 3.8) is 0 Å². The molecule has 3 rings (SSSR count). The second kappa shape index (κ2) is 20.5. The number of carboxylic acid groups (broad SMARTS) is 2. The van der Waals surface area contributed by atoms with Crippen molar-refractivity contribution in [1.29, 1.82) is 0 Å². The third-order valence-electron chi connectivity index (χ3n) is 7.82. The summed E-state index contributed by atoms with van der Waals surface area (Å²) in [5.74, 6) is -0.345. The number of carbonyl (C=O) groups excluding carboxylic acids is 2. The first kappa shape index (κ1) is 45.8. The fourth-order valence-electron chi connectivity index (χ4n) is 5.68. The first-order valence-corrected chi connectivity index (χ1v) is 17.1. The fourth-order valence-corrected chi connectivity index (χ4v) is 5.68. The number of phenolic OH excluding ortho intramolecular Hbond substituents is 2. The third kappa shape index (κ3) is 17.4. The number of aliphatic imine (C=N–C) groups is 2. The summed E-state index contributed by atoms with van der Waals surface area (Å²) in [6.45, 7) is 23.7. The number of carboxylic acids is 2. The maximum absolute atomic E-state index is 11.1. The Balaban J connectivity index is 0.00000230. The van der Waals surface area contributed by atoms with Crippen molar-refractivity contribution in [3.05, 3.63) is 57.6 Å². The molecule has 1 aliphatic rings. The average Bonchev–Trinajstić information content (AvgIpc) is 2.91. The molecule has 0 atom stereocenters. The van der Waals surface area contributed by atoms with Gasteiger partial charge in [-0.15, -0.1) is 0 Å². The molecule has 0 saturated heterocycles. The topological polar surface area (TPSA) is 145 Å². The summed E-state index contributed by atoms with van der Waals surface area (Å²) in [4.78, 5) is 27.6. The van der Waals surface area contributed by atoms with Gasteiger partial charge in [0, 0.05) is 46.6 Å². The number of benzene rings is 2. The predicted octanol–water partition coefficient (Wildman–Crippen LogP) is 6.45. The number of aromatic hydroxyl groups is 2. The van der Waals surface area contributed by atoms with Crippen molar-refractivity contribution in [2.45, 2.75) is 145 Å². The number of nitrogens with zero attached hydrogens (tertiary/aromatic N) is 2. The zero-order chi connectivity index (χ0) is 37.0. The third-order valence-corrected chi connectivity index (χ3v) is 7.82. The SMILES string of the molecule is CC(=O)[O-].CC(=O)[O-].CC(C)Cc1cc(C=NC2CCC(N=Cc3cc(CC(C)C)cc(C(C)(C)C)c3O)CC2)c(O)c(C(C)(C)C)c1.[Co+2]. The summed E-state index contributed by atoms with van der Waals surface area (Å²) in [5, 5.41) is 39.9. The van der Waals surface area contributed by atoms with Gasteiger partial charge in [-0.3, -0.25) is 9.98 Å². The van der Waals surface area contributed by atoms with E-state index in [1.807, 2.05) is 12.4 Å². The van der Waals surface area contributed by atoms with Gasteiger partial charge in [0.1, 0.15) is 11.5 Å². The number of hydrogen-bond acceptors (Lipinski definition) is 8. The molecule has 0 bridgehead atoms. The van der Waals surface area contributed by atoms with Crippen molar-refractivity contribution in [2.24, 2.45) is 21.8 Å². The van der Waals surface area contributed by atoms with Crippen LogP contribution in [0.3, 0.4) is 0 Å². The van der Waals surface area contributed by atoms with Crippen LogP contribution in [0.5, 0.6) is 11.5 Å². The van der Waals surface area contributed by atoms with E-state index in [0.717, 1.165) is 74.6 Å². The van der Waals surface area contributed by atoms with Crippen LogP contribution in [0, 0.1) is 11.8 Å². The Kier molecular flexibility index (Phi) is 19.2. The van der Waals surface area contributed by atoms with E-state index < -0.39 is 11.9 Å². The Morgan fingerprint density at radius 1 is 0.694 bits per heavy atom. The maximum atomic E-state index is 11.1. The van der Waals surface area contributed by atoms with Gasteiger partial charge in [-0.2, -0.15) is 0 Å². The molecule has 275 valence electrons. The molecule has 0 amide bonds. The van der Waals surface area contributed by atoms with Crippen molar-refractivity contribution in [1.82, 2.24) is 0 Å². The van der Waals surface area contributed by atoms with E-state index in [1.54, 1.807) is 0 Å². The van der Waals surface area contributed by atoms with Gasteiger partial charge in [0.05, 0.1) is 12.1 Å². The molecular weight excluding hydrogens is 663 g/mol. The van der Waals surface area contributed by atoms with E-state index in [0.29, 0.717) is 23.3 Å². The van der Waals surface area contributed by atoms with Gasteiger partial charge in [0.2, 0.25) is 0 Å². The number of aliphatic carboxylic acids is 2. The van der Waals surface area contributed by atoms with Crippen LogP contribution in [-0.4, -0.2) is 46.7 Å². The molecule has 0 aliphatic heterocycles. The summed E-state index contributed by atoms with van der Waals surface area (Å²) in [5.41, 5.74) is 5.88. The molecule has 0 heterocycles. The van der Waals surface area contributed by atoms with Gasteiger partial charge >= 0.3 is 16.8 Å². The second-order valence-electron chi connectivity index (χ2n) is 15.9. The number of hydrogen-bond donors (Lipinski definition) is 2. The summed E-state index contributed by atoms with van der Waals surface area (Å²) in [6, 6.07) is 9.03. The van der Waals surface area contributed by atoms with Crippen LogP contribution in [0.2, 0.25) is 0 Å². The van der Waals surface area contributed by atoms with Gasteiger partial charge in [0.15, 0.2) is 0 Å². The molecule has 1 aliphatic carbocycles. The zero-order valence-electron chi connectivity index (χ0n) is 31.8. The van der Waals surface area contributed by atoms with Crippen molar-refractivity contribution < 1.29 is 46.8 Å². The first-order valence-electron chi connectivity index (χ1n) is 17.1. The van der Waals surface area contributed by atoms with Gasteiger partial charge in [-0.25, -0.2) is 0 Å². The summed E-state index contributed by atoms with van der Waals surface area (Å²) < 4.78 is 0. The van der Waals surface area contributed by atoms with Crippen LogP contribution >= 0.6 is 0 Å². The summed E-state index contributed by atoms with van der Waals surface area (Å²) >= 11 is 0. The van der Waals surface area contributed by atoms with Crippen molar-refractivity contribution >= 4 is 24.4 Å². The van der Waals surface area contributed by atoms with E-state index >= 15 is 0 Å². The molecule has 0 aromatic heterocycles. The molecule has 1 radical (unpaired) electrons. The Bertz CT molecular complexity index is 1290. The molecule has 1 saturated carbocycles. The van der Waals surface area contributed by atoms with Crippen LogP contribution < -0.4 is 10.2 Å². The van der Waals surface area contributed by atoms with E-state index in [2.05, 4.69) is 93.5 Å². The predicted molar refractivity (Wildman–Crippen MR) is 193 cm³/mol. The maximum Gasteiger partial charge on any atom is 2.00 e. The molecule has 2 N–H and O–H groups in total. The van der Waals surface area contributed by atoms with E-state index in [4.69, 9.17) is 29.8 Å². The monoisotopic (exact) mass is 723 g/mol. The standard InChI is InChI=1S/C36H54N2O2.2C2H4O2.Co/c1-23(2)15-25-17-27(33(39)31(19-25)35(5,6)7)21-37-29-11-13-30(14-12-29)38-22-28-18-26(16-24(3)4)20-32(34(28)40)36(8,9)10;2*1-2(3)4;/h17-24,29-30,39-40H,11-16H2,1-10H3;2*1H3,(H,3,4);/q;;;+2/p-2. The molecule has 0 unspecified atom stereocenters. The first-order chi connectivity index (χ1) is 22.0. The average molecular weight is 724 g/mol. The molecule has 2 aromatic carbocycles. The molecule has 1 fully saturated rings. The van der Waals surface area contributed by atoms with E-state index in [9.17, 15) is 10.2 Å². The van der Waals surface area contributed by atoms with Crippen LogP contribution in [0.1, 0.15) is 142 Å². The number of phenols is 2. The van der Waals surface area contributed by atoms with Gasteiger partial charge in [-0.05, 0) is 98.3 Å². The number of carbonyl (C=O) groups is 2. The summed E-state index contributed by atoms with van der Waals surface area (Å²) in [7, 11) is 0. The van der Waals surface area contributed by atoms with Gasteiger partial charge in [-0.1, -0.05) is 81.4 Å². The Morgan fingerprint density at radius 2 is 0.959 bits per heavy atom. The minimum Gasteiger partial charge on any atom is -0.550 e. The molecule has 8 nitrogen and oxygen atoms in total. The fraction of sp³-hybridized carbons (Fsp3) is 0.600. The number of rotatable bonds is 8. The molecule has 49 heavy (non-hydrogen) atoms. The van der Waals surface area contributed by atoms with Gasteiger partial charge in [0.25, 0.3) is 0 Å². The van der Waals surface area contributed by atoms with Crippen molar-refractivity contribution in [2.75, 3.05) is 0 Å². The molecule has 9 heteroatoms. The second-order valence-corrected chi connectivity index (χ2v) is 15.9. The smallest absolute Gasteiger partial charge is 0.550 e. The minimum absolute atomic E-state index is 0. The zero-order valence-corrected chi connectivity index (χ0v) is 32.8. The minimum atomic E-state index is -1.08. The Morgan fingerprint density at radius 3 is 1.18 bits per heavy atom. The van der Waals surface area contributed by atoms with E-state index in [1.165, 1.54) is 11.1 Å². The van der Waals surface area contributed by atoms with Crippen LogP contribution in [-0.2, 0) is 50.0 Å². The Hall–Kier alpha value is -3.17. The van der Waals surface area contributed by atoms with Gasteiger partial charge < -0.3 is 30.0 Å². The molecule has 0 spiro atoms. The normalized spacial score (nSPS) is 16.5. The van der Waals surface area contributed by atoms with E-state index in [-0.39, 0.29) is 39.7 Å².